The number of carbonyl (C=O) groups excluding carboxylic acids is 2. The lowest BCUT2D eigenvalue weighted by Gasteiger charge is -2.05. The van der Waals surface area contributed by atoms with E-state index in [4.69, 9.17) is 0 Å². The van der Waals surface area contributed by atoms with E-state index in [9.17, 15) is 14.1 Å². The van der Waals surface area contributed by atoms with Crippen molar-refractivity contribution in [2.75, 3.05) is 5.12 Å². The van der Waals surface area contributed by atoms with Crippen LogP contribution in [0.15, 0.2) is 18.2 Å². The van der Waals surface area contributed by atoms with Crippen molar-refractivity contribution < 1.29 is 14.1 Å². The quantitative estimate of drug-likeness (QED) is 0.481. The van der Waals surface area contributed by atoms with Gasteiger partial charge in [0.25, 0.3) is 5.91 Å². The van der Waals surface area contributed by atoms with Crippen LogP contribution in [0.2, 0.25) is 0 Å². The number of aldehydes is 1. The molecule has 2 rings (SSSR count). The molecule has 3 nitrogen and oxygen atoms in total. The van der Waals surface area contributed by atoms with Gasteiger partial charge in [0.05, 0.1) is 12.1 Å². The highest BCUT2D eigenvalue weighted by atomic mass is 19.2. The van der Waals surface area contributed by atoms with Crippen LogP contribution in [0.1, 0.15) is 15.9 Å². The van der Waals surface area contributed by atoms with Crippen LogP contribution in [0.25, 0.3) is 0 Å². The maximum Gasteiger partial charge on any atom is 0.259 e. The first-order valence-corrected chi connectivity index (χ1v) is 3.80. The summed E-state index contributed by atoms with van der Waals surface area (Å²) in [6.07, 6.45) is 0.581. The third-order valence-electron chi connectivity index (χ3n) is 2.03. The molecular formula is C9H6FNO2. The second-order valence-corrected chi connectivity index (χ2v) is 2.82. The van der Waals surface area contributed by atoms with E-state index < -0.39 is 5.91 Å². The Morgan fingerprint density at radius 1 is 1.46 bits per heavy atom. The lowest BCUT2D eigenvalue weighted by molar-refractivity contribution is -0.119. The highest BCUT2D eigenvalue weighted by Gasteiger charge is 2.29. The lowest BCUT2D eigenvalue weighted by Crippen LogP contribution is -2.16. The van der Waals surface area contributed by atoms with Gasteiger partial charge in [-0.05, 0) is 11.6 Å². The molecule has 0 aliphatic carbocycles. The number of para-hydroxylation sites is 1. The number of halogens is 1. The van der Waals surface area contributed by atoms with Crippen LogP contribution in [0.3, 0.4) is 0 Å². The highest BCUT2D eigenvalue weighted by molar-refractivity contribution is 6.04. The monoisotopic (exact) mass is 179 g/mol. The Morgan fingerprint density at radius 3 is 2.92 bits per heavy atom. The normalized spacial score (nSPS) is 14.5. The molecule has 1 aromatic carbocycles. The fourth-order valence-electron chi connectivity index (χ4n) is 1.45. The molecule has 0 aromatic heterocycles. The largest absolute Gasteiger partial charge is 0.298 e. The van der Waals surface area contributed by atoms with E-state index in [1.165, 1.54) is 6.07 Å². The summed E-state index contributed by atoms with van der Waals surface area (Å²) in [5.74, 6) is -0.621. The summed E-state index contributed by atoms with van der Waals surface area (Å²) < 4.78 is 13.1. The molecule has 0 fully saturated rings. The summed E-state index contributed by atoms with van der Waals surface area (Å²) in [4.78, 5) is 21.4. The number of hydrogen-bond acceptors (Lipinski definition) is 2. The zero-order chi connectivity index (χ0) is 9.42. The van der Waals surface area contributed by atoms with Crippen LogP contribution < -0.4 is 5.12 Å². The van der Waals surface area contributed by atoms with Gasteiger partial charge in [-0.25, -0.2) is 0 Å². The van der Waals surface area contributed by atoms with Gasteiger partial charge >= 0.3 is 0 Å². The molecule has 13 heavy (non-hydrogen) atoms. The minimum atomic E-state index is -0.621. The van der Waals surface area contributed by atoms with Crippen LogP contribution in [-0.4, -0.2) is 12.2 Å². The Hall–Kier alpha value is -1.71. The van der Waals surface area contributed by atoms with Crippen LogP contribution in [0.4, 0.5) is 10.2 Å². The van der Waals surface area contributed by atoms with Gasteiger partial charge < -0.3 is 0 Å². The molecule has 1 aliphatic rings. The molecule has 1 amide bonds. The molecule has 1 heterocycles. The minimum Gasteiger partial charge on any atom is -0.298 e. The smallest absolute Gasteiger partial charge is 0.259 e. The van der Waals surface area contributed by atoms with Gasteiger partial charge in [0, 0.05) is 5.56 Å². The number of carbonyl (C=O) groups is 2. The van der Waals surface area contributed by atoms with Crippen molar-refractivity contribution in [1.29, 1.82) is 0 Å². The molecule has 66 valence electrons. The van der Waals surface area contributed by atoms with Gasteiger partial charge in [0.1, 0.15) is 0 Å². The summed E-state index contributed by atoms with van der Waals surface area (Å²) in [7, 11) is 0. The number of anilines is 1. The zero-order valence-electron chi connectivity index (χ0n) is 6.66. The van der Waals surface area contributed by atoms with Gasteiger partial charge in [-0.1, -0.05) is 16.6 Å². The second kappa shape index (κ2) is 2.65. The Morgan fingerprint density at radius 2 is 2.23 bits per heavy atom. The van der Waals surface area contributed by atoms with Gasteiger partial charge in [0.2, 0.25) is 0 Å². The summed E-state index contributed by atoms with van der Waals surface area (Å²) in [6.45, 7) is 0. The molecular weight excluding hydrogens is 173 g/mol. The summed E-state index contributed by atoms with van der Waals surface area (Å²) in [5.41, 5.74) is 0.880. The number of rotatable bonds is 1. The molecule has 0 atom stereocenters. The maximum atomic E-state index is 13.1. The van der Waals surface area contributed by atoms with Crippen LogP contribution in [-0.2, 0) is 11.2 Å². The molecule has 0 spiro atoms. The van der Waals surface area contributed by atoms with Crippen molar-refractivity contribution in [3.63, 3.8) is 0 Å². The SMILES string of the molecule is O=Cc1cccc2c1N(F)C(=O)C2. The van der Waals surface area contributed by atoms with Crippen LogP contribution in [0.5, 0.6) is 0 Å². The van der Waals surface area contributed by atoms with E-state index in [-0.39, 0.29) is 22.8 Å². The zero-order valence-corrected chi connectivity index (χ0v) is 6.66. The molecule has 4 heteroatoms. The standard InChI is InChI=1S/C9H6FNO2/c10-11-8(13)4-6-2-1-3-7(5-12)9(6)11/h1-3,5H,4H2. The first-order valence-electron chi connectivity index (χ1n) is 3.80. The van der Waals surface area contributed by atoms with Crippen LogP contribution >= 0.6 is 0 Å². The predicted octanol–water partition coefficient (Wildman–Crippen LogP) is 1.27. The minimum absolute atomic E-state index is 0.0352. The van der Waals surface area contributed by atoms with E-state index >= 15 is 0 Å². The summed E-state index contributed by atoms with van der Waals surface area (Å²) in [6, 6.07) is 4.76. The first kappa shape index (κ1) is 7.91. The van der Waals surface area contributed by atoms with Gasteiger partial charge in [0.15, 0.2) is 6.29 Å². The number of benzene rings is 1. The van der Waals surface area contributed by atoms with E-state index in [0.717, 1.165) is 0 Å². The lowest BCUT2D eigenvalue weighted by atomic mass is 10.1. The Labute approximate surface area is 73.7 Å². The molecule has 0 radical (unpaired) electrons. The first-order chi connectivity index (χ1) is 6.24. The fourth-order valence-corrected chi connectivity index (χ4v) is 1.45. The van der Waals surface area contributed by atoms with Crippen molar-refractivity contribution in [2.24, 2.45) is 0 Å². The fraction of sp³-hybridized carbons (Fsp3) is 0.111. The average molecular weight is 179 g/mol. The molecule has 0 saturated carbocycles. The molecule has 1 aliphatic heterocycles. The Bertz CT molecular complexity index is 389. The molecule has 0 saturated heterocycles. The third kappa shape index (κ3) is 1.02. The van der Waals surface area contributed by atoms with E-state index in [2.05, 4.69) is 0 Å². The highest BCUT2D eigenvalue weighted by Crippen LogP contribution is 2.31. The number of nitrogens with zero attached hydrogens (tertiary/aromatic N) is 1. The number of amides is 1. The van der Waals surface area contributed by atoms with Crippen molar-refractivity contribution in [3.8, 4) is 0 Å². The average Bonchev–Trinajstić information content (AvgIpc) is 2.43. The van der Waals surface area contributed by atoms with Crippen molar-refractivity contribution in [3.05, 3.63) is 29.3 Å². The topological polar surface area (TPSA) is 37.4 Å². The summed E-state index contributed by atoms with van der Waals surface area (Å²) >= 11 is 0. The van der Waals surface area contributed by atoms with E-state index in [1.54, 1.807) is 12.1 Å². The maximum absolute atomic E-state index is 13.1. The molecule has 0 N–H and O–H groups in total. The molecule has 0 unspecified atom stereocenters. The van der Waals surface area contributed by atoms with E-state index in [1.807, 2.05) is 0 Å². The molecule has 0 bridgehead atoms. The number of hydrogen-bond donors (Lipinski definition) is 0. The third-order valence-corrected chi connectivity index (χ3v) is 2.03. The van der Waals surface area contributed by atoms with Crippen molar-refractivity contribution in [1.82, 2.24) is 0 Å². The van der Waals surface area contributed by atoms with Gasteiger partial charge in [-0.3, -0.25) is 9.59 Å². The Kier molecular flexibility index (Phi) is 1.62. The predicted molar refractivity (Wildman–Crippen MR) is 44.1 cm³/mol. The van der Waals surface area contributed by atoms with Crippen molar-refractivity contribution in [2.45, 2.75) is 6.42 Å². The second-order valence-electron chi connectivity index (χ2n) is 2.82. The Balaban J connectivity index is 2.63. The summed E-state index contributed by atoms with van der Waals surface area (Å²) in [5, 5.41) is 0.0407. The van der Waals surface area contributed by atoms with E-state index in [0.29, 0.717) is 11.8 Å². The molecule has 1 aromatic rings. The number of fused-ring (bicyclic) bond motifs is 1. The van der Waals surface area contributed by atoms with Gasteiger partial charge in [-0.15, -0.1) is 5.12 Å². The van der Waals surface area contributed by atoms with Gasteiger partial charge in [-0.2, -0.15) is 0 Å². The van der Waals surface area contributed by atoms with Crippen LogP contribution in [0, 0.1) is 0 Å². The van der Waals surface area contributed by atoms with Crippen molar-refractivity contribution >= 4 is 17.9 Å².